The zero-order valence-corrected chi connectivity index (χ0v) is 11.5. The van der Waals surface area contributed by atoms with Gasteiger partial charge in [-0.2, -0.15) is 5.10 Å². The van der Waals surface area contributed by atoms with E-state index in [1.165, 1.54) is 0 Å². The highest BCUT2D eigenvalue weighted by Crippen LogP contribution is 2.13. The predicted octanol–water partition coefficient (Wildman–Crippen LogP) is 1.55. The molecule has 0 saturated carbocycles. The van der Waals surface area contributed by atoms with Crippen molar-refractivity contribution < 1.29 is 4.74 Å². The van der Waals surface area contributed by atoms with Crippen molar-refractivity contribution in [1.29, 1.82) is 0 Å². The summed E-state index contributed by atoms with van der Waals surface area (Å²) >= 11 is 0. The molecular weight excluding hydrogens is 268 g/mol. The van der Waals surface area contributed by atoms with E-state index in [1.54, 1.807) is 45.9 Å². The molecule has 2 aromatic heterocycles. The van der Waals surface area contributed by atoms with Crippen molar-refractivity contribution in [3.05, 3.63) is 59.3 Å². The van der Waals surface area contributed by atoms with Gasteiger partial charge in [-0.1, -0.05) is 0 Å². The minimum Gasteiger partial charge on any atom is -0.494 e. The normalized spacial score (nSPS) is 10.9. The number of aromatic nitrogens is 3. The molecule has 0 atom stereocenters. The number of nitrogen functional groups attached to an aromatic ring is 1. The molecule has 0 bridgehead atoms. The lowest BCUT2D eigenvalue weighted by Gasteiger charge is -2.08. The maximum Gasteiger partial charge on any atom is 0.276 e. The van der Waals surface area contributed by atoms with Gasteiger partial charge in [0.25, 0.3) is 5.56 Å². The fourth-order valence-electron chi connectivity index (χ4n) is 2.13. The summed E-state index contributed by atoms with van der Waals surface area (Å²) in [4.78, 5) is 12.1. The van der Waals surface area contributed by atoms with Gasteiger partial charge in [-0.15, -0.1) is 0 Å². The lowest BCUT2D eigenvalue weighted by Crippen LogP contribution is -2.22. The molecule has 2 N–H and O–H groups in total. The monoisotopic (exact) mass is 284 g/mol. The number of aryl methyl sites for hydroxylation is 1. The molecule has 0 fully saturated rings. The van der Waals surface area contributed by atoms with Gasteiger partial charge in [-0.3, -0.25) is 4.79 Å². The van der Waals surface area contributed by atoms with Gasteiger partial charge >= 0.3 is 0 Å². The molecule has 108 valence electrons. The molecule has 0 amide bonds. The maximum absolute atomic E-state index is 12.1. The van der Waals surface area contributed by atoms with E-state index >= 15 is 0 Å². The van der Waals surface area contributed by atoms with Crippen molar-refractivity contribution in [1.82, 2.24) is 14.2 Å². The Kier molecular flexibility index (Phi) is 3.59. The average Bonchev–Trinajstić information content (AvgIpc) is 2.97. The van der Waals surface area contributed by atoms with E-state index in [0.717, 1.165) is 12.2 Å². The third-order valence-electron chi connectivity index (χ3n) is 3.23. The number of ether oxygens (including phenoxy) is 1. The Morgan fingerprint density at radius 2 is 1.95 bits per heavy atom. The van der Waals surface area contributed by atoms with Crippen molar-refractivity contribution in [3.8, 4) is 5.75 Å². The first-order chi connectivity index (χ1) is 10.2. The van der Waals surface area contributed by atoms with Crippen LogP contribution in [0.25, 0.3) is 5.52 Å². The summed E-state index contributed by atoms with van der Waals surface area (Å²) in [7, 11) is 0. The number of fused-ring (bicyclic) bond motifs is 1. The van der Waals surface area contributed by atoms with Crippen LogP contribution in [0.15, 0.2) is 53.7 Å². The van der Waals surface area contributed by atoms with Crippen molar-refractivity contribution in [2.24, 2.45) is 0 Å². The molecule has 0 unspecified atom stereocenters. The first kappa shape index (κ1) is 13.2. The second-order valence-electron chi connectivity index (χ2n) is 4.73. The van der Waals surface area contributed by atoms with Gasteiger partial charge in [0.2, 0.25) is 0 Å². The van der Waals surface area contributed by atoms with Gasteiger partial charge in [0.1, 0.15) is 11.3 Å². The van der Waals surface area contributed by atoms with Crippen molar-refractivity contribution in [2.75, 3.05) is 12.3 Å². The standard InChI is InChI=1S/C15H16N4O2/c16-12-2-4-13(5-3-12)21-11-1-8-18-9-10-19-14(15(18)20)6-7-17-19/h2-7,9-10H,1,8,11,16H2. The fourth-order valence-corrected chi connectivity index (χ4v) is 2.13. The van der Waals surface area contributed by atoms with Crippen LogP contribution in [0.1, 0.15) is 6.42 Å². The Labute approximate surface area is 121 Å². The van der Waals surface area contributed by atoms with E-state index in [0.29, 0.717) is 24.4 Å². The van der Waals surface area contributed by atoms with Crippen molar-refractivity contribution in [3.63, 3.8) is 0 Å². The highest BCUT2D eigenvalue weighted by molar-refractivity contribution is 5.42. The van der Waals surface area contributed by atoms with Gasteiger partial charge in [0.05, 0.1) is 12.8 Å². The first-order valence-electron chi connectivity index (χ1n) is 6.75. The topological polar surface area (TPSA) is 74.6 Å². The Morgan fingerprint density at radius 1 is 1.14 bits per heavy atom. The molecule has 0 aliphatic heterocycles. The van der Waals surface area contributed by atoms with Crippen LogP contribution >= 0.6 is 0 Å². The Balaban J connectivity index is 1.58. The summed E-state index contributed by atoms with van der Waals surface area (Å²) in [5.74, 6) is 0.780. The number of hydrogen-bond acceptors (Lipinski definition) is 4. The van der Waals surface area contributed by atoms with Crippen LogP contribution in [0.5, 0.6) is 5.75 Å². The molecule has 0 aliphatic rings. The van der Waals surface area contributed by atoms with E-state index < -0.39 is 0 Å². The van der Waals surface area contributed by atoms with Gasteiger partial charge < -0.3 is 15.0 Å². The van der Waals surface area contributed by atoms with Crippen LogP contribution < -0.4 is 16.0 Å². The molecule has 3 rings (SSSR count). The average molecular weight is 284 g/mol. The second-order valence-corrected chi connectivity index (χ2v) is 4.73. The van der Waals surface area contributed by atoms with Crippen LogP contribution in [0.2, 0.25) is 0 Å². The molecule has 21 heavy (non-hydrogen) atoms. The van der Waals surface area contributed by atoms with E-state index in [1.807, 2.05) is 12.1 Å². The van der Waals surface area contributed by atoms with Crippen LogP contribution in [0.3, 0.4) is 0 Å². The molecule has 2 heterocycles. The highest BCUT2D eigenvalue weighted by Gasteiger charge is 2.03. The summed E-state index contributed by atoms with van der Waals surface area (Å²) < 4.78 is 8.85. The quantitative estimate of drug-likeness (QED) is 0.570. The lowest BCUT2D eigenvalue weighted by molar-refractivity contribution is 0.301. The molecule has 3 aromatic rings. The van der Waals surface area contributed by atoms with Gasteiger partial charge in [0, 0.05) is 24.6 Å². The summed E-state index contributed by atoms with van der Waals surface area (Å²) in [5, 5.41) is 4.03. The fraction of sp³-hybridized carbons (Fsp3) is 0.200. The maximum atomic E-state index is 12.1. The van der Waals surface area contributed by atoms with Crippen LogP contribution in [-0.4, -0.2) is 20.8 Å². The van der Waals surface area contributed by atoms with Gasteiger partial charge in [-0.25, -0.2) is 4.52 Å². The summed E-state index contributed by atoms with van der Waals surface area (Å²) in [5.41, 5.74) is 6.86. The van der Waals surface area contributed by atoms with Crippen LogP contribution in [-0.2, 0) is 6.54 Å². The highest BCUT2D eigenvalue weighted by atomic mass is 16.5. The third-order valence-corrected chi connectivity index (χ3v) is 3.23. The lowest BCUT2D eigenvalue weighted by atomic mass is 10.3. The third kappa shape index (κ3) is 2.89. The summed E-state index contributed by atoms with van der Waals surface area (Å²) in [6, 6.07) is 8.98. The van der Waals surface area contributed by atoms with E-state index in [4.69, 9.17) is 10.5 Å². The number of rotatable bonds is 5. The first-order valence-corrected chi connectivity index (χ1v) is 6.75. The van der Waals surface area contributed by atoms with Gasteiger partial charge in [-0.05, 0) is 36.8 Å². The molecule has 1 aromatic carbocycles. The number of hydrogen-bond donors (Lipinski definition) is 1. The molecule has 0 aliphatic carbocycles. The predicted molar refractivity (Wildman–Crippen MR) is 80.4 cm³/mol. The molecule has 0 spiro atoms. The van der Waals surface area contributed by atoms with Crippen molar-refractivity contribution >= 4 is 11.2 Å². The largest absolute Gasteiger partial charge is 0.494 e. The SMILES string of the molecule is Nc1ccc(OCCCn2ccn3nccc3c2=O)cc1. The van der Waals surface area contributed by atoms with E-state index in [-0.39, 0.29) is 5.56 Å². The van der Waals surface area contributed by atoms with E-state index in [9.17, 15) is 4.79 Å². The Hall–Kier alpha value is -2.76. The zero-order valence-electron chi connectivity index (χ0n) is 11.5. The number of benzene rings is 1. The molecule has 6 nitrogen and oxygen atoms in total. The number of nitrogens with two attached hydrogens (primary N) is 1. The minimum atomic E-state index is -0.0394. The Bertz CT molecular complexity index is 789. The zero-order chi connectivity index (χ0) is 14.7. The molecule has 0 saturated heterocycles. The minimum absolute atomic E-state index is 0.0394. The number of nitrogens with zero attached hydrogens (tertiary/aromatic N) is 3. The Morgan fingerprint density at radius 3 is 2.76 bits per heavy atom. The second kappa shape index (κ2) is 5.70. The van der Waals surface area contributed by atoms with E-state index in [2.05, 4.69) is 5.10 Å². The molecule has 0 radical (unpaired) electrons. The molecule has 6 heteroatoms. The van der Waals surface area contributed by atoms with Gasteiger partial charge in [0.15, 0.2) is 0 Å². The molecular formula is C15H16N4O2. The number of anilines is 1. The summed E-state index contributed by atoms with van der Waals surface area (Å²) in [6.07, 6.45) is 5.88. The smallest absolute Gasteiger partial charge is 0.276 e. The van der Waals surface area contributed by atoms with Crippen LogP contribution in [0.4, 0.5) is 5.69 Å². The van der Waals surface area contributed by atoms with Crippen molar-refractivity contribution in [2.45, 2.75) is 13.0 Å². The van der Waals surface area contributed by atoms with Crippen LogP contribution in [0, 0.1) is 0 Å². The summed E-state index contributed by atoms with van der Waals surface area (Å²) in [6.45, 7) is 1.15.